The molecule has 0 aliphatic heterocycles. The first-order chi connectivity index (χ1) is 12.0. The van der Waals surface area contributed by atoms with Crippen molar-refractivity contribution in [3.05, 3.63) is 35.7 Å². The monoisotopic (exact) mass is 345 g/mol. The van der Waals surface area contributed by atoms with Crippen LogP contribution in [0, 0.1) is 13.8 Å². The number of aryl methyl sites for hydroxylation is 2. The molecule has 0 unspecified atom stereocenters. The number of nitrogens with one attached hydrogen (secondary N) is 1. The van der Waals surface area contributed by atoms with Gasteiger partial charge < -0.3 is 19.7 Å². The van der Waals surface area contributed by atoms with Crippen LogP contribution >= 0.6 is 0 Å². The van der Waals surface area contributed by atoms with Crippen molar-refractivity contribution in [2.45, 2.75) is 40.0 Å². The molecule has 136 valence electrons. The fraction of sp³-hybridized carbons (Fsp3) is 0.474. The van der Waals surface area contributed by atoms with E-state index in [-0.39, 0.29) is 12.6 Å². The maximum atomic E-state index is 12.5. The summed E-state index contributed by atoms with van der Waals surface area (Å²) in [5.41, 5.74) is 3.37. The minimum Gasteiger partial charge on any atom is -0.444 e. The SMILES string of the molecule is CCCCCN(CCO)C(=O)Nc1ccc(C)c(-c2nc(C)co2)c1. The quantitative estimate of drug-likeness (QED) is 0.710. The Hall–Kier alpha value is -2.34. The Bertz CT molecular complexity index is 697. The molecule has 0 fully saturated rings. The number of aromatic nitrogens is 1. The molecule has 1 heterocycles. The number of amides is 2. The van der Waals surface area contributed by atoms with Gasteiger partial charge in [0.2, 0.25) is 5.89 Å². The van der Waals surface area contributed by atoms with Gasteiger partial charge in [-0.15, -0.1) is 0 Å². The van der Waals surface area contributed by atoms with Gasteiger partial charge in [-0.2, -0.15) is 0 Å². The van der Waals surface area contributed by atoms with Crippen LogP contribution in [0.3, 0.4) is 0 Å². The Kier molecular flexibility index (Phi) is 7.01. The highest BCUT2D eigenvalue weighted by atomic mass is 16.3. The number of oxazole rings is 1. The predicted octanol–water partition coefficient (Wildman–Crippen LogP) is 3.97. The van der Waals surface area contributed by atoms with Crippen LogP contribution in [0.2, 0.25) is 0 Å². The van der Waals surface area contributed by atoms with Gasteiger partial charge >= 0.3 is 6.03 Å². The third-order valence-electron chi connectivity index (χ3n) is 4.03. The van der Waals surface area contributed by atoms with Crippen LogP contribution in [0.4, 0.5) is 10.5 Å². The van der Waals surface area contributed by atoms with Crippen molar-refractivity contribution >= 4 is 11.7 Å². The van der Waals surface area contributed by atoms with Crippen molar-refractivity contribution in [2.75, 3.05) is 25.0 Å². The number of urea groups is 1. The highest BCUT2D eigenvalue weighted by Gasteiger charge is 2.14. The Morgan fingerprint density at radius 2 is 2.08 bits per heavy atom. The van der Waals surface area contributed by atoms with Crippen LogP contribution in [-0.4, -0.2) is 40.7 Å². The van der Waals surface area contributed by atoms with Gasteiger partial charge in [0.1, 0.15) is 6.26 Å². The van der Waals surface area contributed by atoms with E-state index in [4.69, 9.17) is 4.42 Å². The van der Waals surface area contributed by atoms with Gasteiger partial charge in [0, 0.05) is 24.3 Å². The second kappa shape index (κ2) is 9.22. The van der Waals surface area contributed by atoms with Crippen molar-refractivity contribution in [1.29, 1.82) is 0 Å². The summed E-state index contributed by atoms with van der Waals surface area (Å²) < 4.78 is 5.48. The molecule has 1 aromatic carbocycles. The van der Waals surface area contributed by atoms with E-state index in [9.17, 15) is 9.90 Å². The van der Waals surface area contributed by atoms with E-state index in [1.54, 1.807) is 11.2 Å². The first-order valence-corrected chi connectivity index (χ1v) is 8.75. The van der Waals surface area contributed by atoms with Crippen molar-refractivity contribution in [2.24, 2.45) is 0 Å². The number of unbranched alkanes of at least 4 members (excludes halogenated alkanes) is 2. The number of carbonyl (C=O) groups excluding carboxylic acids is 1. The van der Waals surface area contributed by atoms with Crippen LogP contribution in [0.15, 0.2) is 28.9 Å². The summed E-state index contributed by atoms with van der Waals surface area (Å²) in [7, 11) is 0. The first kappa shape index (κ1) is 19.0. The molecule has 0 saturated heterocycles. The molecule has 0 saturated carbocycles. The van der Waals surface area contributed by atoms with Gasteiger partial charge in [-0.1, -0.05) is 25.8 Å². The molecule has 0 bridgehead atoms. The molecular weight excluding hydrogens is 318 g/mol. The van der Waals surface area contributed by atoms with E-state index in [0.717, 1.165) is 36.1 Å². The van der Waals surface area contributed by atoms with E-state index >= 15 is 0 Å². The van der Waals surface area contributed by atoms with E-state index in [1.807, 2.05) is 32.0 Å². The van der Waals surface area contributed by atoms with Crippen molar-refractivity contribution in [1.82, 2.24) is 9.88 Å². The summed E-state index contributed by atoms with van der Waals surface area (Å²) in [6.45, 7) is 6.88. The third-order valence-corrected chi connectivity index (χ3v) is 4.03. The maximum Gasteiger partial charge on any atom is 0.321 e. The molecule has 2 amide bonds. The maximum absolute atomic E-state index is 12.5. The zero-order valence-corrected chi connectivity index (χ0v) is 15.2. The molecule has 25 heavy (non-hydrogen) atoms. The molecule has 2 N–H and O–H groups in total. The van der Waals surface area contributed by atoms with Gasteiger partial charge in [-0.05, 0) is 38.0 Å². The Balaban J connectivity index is 2.11. The number of rotatable bonds is 8. The molecule has 2 rings (SSSR count). The lowest BCUT2D eigenvalue weighted by molar-refractivity contribution is 0.187. The summed E-state index contributed by atoms with van der Waals surface area (Å²) in [6.07, 6.45) is 4.69. The number of nitrogens with zero attached hydrogens (tertiary/aromatic N) is 2. The average molecular weight is 345 g/mol. The predicted molar refractivity (Wildman–Crippen MR) is 98.6 cm³/mol. The highest BCUT2D eigenvalue weighted by Crippen LogP contribution is 2.26. The van der Waals surface area contributed by atoms with Crippen molar-refractivity contribution in [3.63, 3.8) is 0 Å². The molecule has 2 aromatic rings. The van der Waals surface area contributed by atoms with E-state index in [1.165, 1.54) is 0 Å². The van der Waals surface area contributed by atoms with Gasteiger partial charge in [-0.25, -0.2) is 9.78 Å². The molecule has 6 heteroatoms. The van der Waals surface area contributed by atoms with Gasteiger partial charge in [-0.3, -0.25) is 0 Å². The van der Waals surface area contributed by atoms with E-state index < -0.39 is 0 Å². The number of hydrogen-bond donors (Lipinski definition) is 2. The molecule has 0 spiro atoms. The van der Waals surface area contributed by atoms with Crippen molar-refractivity contribution < 1.29 is 14.3 Å². The Morgan fingerprint density at radius 1 is 1.28 bits per heavy atom. The topological polar surface area (TPSA) is 78.6 Å². The number of anilines is 1. The lowest BCUT2D eigenvalue weighted by Gasteiger charge is -2.22. The lowest BCUT2D eigenvalue weighted by Crippen LogP contribution is -2.37. The minimum atomic E-state index is -0.205. The summed E-state index contributed by atoms with van der Waals surface area (Å²) in [6, 6.07) is 5.44. The van der Waals surface area contributed by atoms with Gasteiger partial charge in [0.15, 0.2) is 0 Å². The van der Waals surface area contributed by atoms with Crippen molar-refractivity contribution in [3.8, 4) is 11.5 Å². The van der Waals surface area contributed by atoms with E-state index in [0.29, 0.717) is 24.7 Å². The van der Waals surface area contributed by atoms with Gasteiger partial charge in [0.25, 0.3) is 0 Å². The fourth-order valence-electron chi connectivity index (χ4n) is 2.60. The first-order valence-electron chi connectivity index (χ1n) is 8.75. The molecule has 1 aromatic heterocycles. The summed E-state index contributed by atoms with van der Waals surface area (Å²) in [5, 5.41) is 12.1. The van der Waals surface area contributed by atoms with Gasteiger partial charge in [0.05, 0.1) is 12.3 Å². The standard InChI is InChI=1S/C19H27N3O3/c1-4-5-6-9-22(10-11-23)19(24)21-16-8-7-14(2)17(12-16)18-20-15(3)13-25-18/h7-8,12-13,23H,4-6,9-11H2,1-3H3,(H,21,24). The average Bonchev–Trinajstić information content (AvgIpc) is 3.02. The van der Waals surface area contributed by atoms with Crippen LogP contribution < -0.4 is 5.32 Å². The summed E-state index contributed by atoms with van der Waals surface area (Å²) >= 11 is 0. The smallest absolute Gasteiger partial charge is 0.321 e. The molecule has 6 nitrogen and oxygen atoms in total. The molecule has 0 radical (unpaired) electrons. The molecule has 0 aliphatic rings. The number of benzene rings is 1. The zero-order chi connectivity index (χ0) is 18.2. The summed E-state index contributed by atoms with van der Waals surface area (Å²) in [5.74, 6) is 0.543. The number of carbonyl (C=O) groups is 1. The molecule has 0 atom stereocenters. The van der Waals surface area contributed by atoms with Crippen LogP contribution in [0.1, 0.15) is 37.4 Å². The largest absolute Gasteiger partial charge is 0.444 e. The Morgan fingerprint density at radius 3 is 2.72 bits per heavy atom. The number of hydrogen-bond acceptors (Lipinski definition) is 4. The highest BCUT2D eigenvalue weighted by molar-refractivity contribution is 5.90. The minimum absolute atomic E-state index is 0.0473. The van der Waals surface area contributed by atoms with Crippen LogP contribution in [-0.2, 0) is 0 Å². The zero-order valence-electron chi connectivity index (χ0n) is 15.2. The second-order valence-electron chi connectivity index (χ2n) is 6.17. The fourth-order valence-corrected chi connectivity index (χ4v) is 2.60. The second-order valence-corrected chi connectivity index (χ2v) is 6.17. The molecular formula is C19H27N3O3. The number of aliphatic hydroxyl groups excluding tert-OH is 1. The Labute approximate surface area is 148 Å². The number of aliphatic hydroxyl groups is 1. The summed E-state index contributed by atoms with van der Waals surface area (Å²) in [4.78, 5) is 18.5. The van der Waals surface area contributed by atoms with E-state index in [2.05, 4.69) is 17.2 Å². The van der Waals surface area contributed by atoms with Crippen LogP contribution in [0.5, 0.6) is 0 Å². The normalized spacial score (nSPS) is 10.7. The third kappa shape index (κ3) is 5.32. The lowest BCUT2D eigenvalue weighted by atomic mass is 10.1. The molecule has 0 aliphatic carbocycles. The van der Waals surface area contributed by atoms with Crippen LogP contribution in [0.25, 0.3) is 11.5 Å².